The summed E-state index contributed by atoms with van der Waals surface area (Å²) in [5, 5.41) is 8.29. The van der Waals surface area contributed by atoms with E-state index >= 15 is 0 Å². The van der Waals surface area contributed by atoms with Crippen LogP contribution in [0.25, 0.3) is 0 Å². The number of benzene rings is 1. The number of halogens is 1. The first-order valence-corrected chi connectivity index (χ1v) is 5.17. The van der Waals surface area contributed by atoms with Gasteiger partial charge in [0.2, 0.25) is 0 Å². The van der Waals surface area contributed by atoms with E-state index in [1.807, 2.05) is 7.05 Å². The van der Waals surface area contributed by atoms with Crippen LogP contribution in [0, 0.1) is 5.82 Å². The lowest BCUT2D eigenvalue weighted by Gasteiger charge is -2.07. The number of anilines is 1. The third kappa shape index (κ3) is 4.75. The van der Waals surface area contributed by atoms with Crippen molar-refractivity contribution in [2.75, 3.05) is 25.5 Å². The second-order valence-corrected chi connectivity index (χ2v) is 3.34. The smallest absolute Gasteiger partial charge is 0.319 e. The van der Waals surface area contributed by atoms with Gasteiger partial charge in [0.25, 0.3) is 0 Å². The highest BCUT2D eigenvalue weighted by Crippen LogP contribution is 2.07. The third-order valence-corrected chi connectivity index (χ3v) is 1.99. The van der Waals surface area contributed by atoms with Gasteiger partial charge in [0.05, 0.1) is 0 Å². The summed E-state index contributed by atoms with van der Waals surface area (Å²) in [7, 11) is 1.86. The molecule has 0 aliphatic carbocycles. The normalized spacial score (nSPS) is 9.88. The lowest BCUT2D eigenvalue weighted by molar-refractivity contribution is 0.252. The molecule has 0 spiro atoms. The van der Waals surface area contributed by atoms with Gasteiger partial charge in [0.1, 0.15) is 5.82 Å². The van der Waals surface area contributed by atoms with Gasteiger partial charge in [0, 0.05) is 12.2 Å². The molecule has 1 rings (SSSR count). The second kappa shape index (κ2) is 6.79. The first-order valence-electron chi connectivity index (χ1n) is 5.17. The van der Waals surface area contributed by atoms with E-state index in [2.05, 4.69) is 16.0 Å². The molecule has 4 nitrogen and oxygen atoms in total. The van der Waals surface area contributed by atoms with Crippen molar-refractivity contribution in [2.45, 2.75) is 6.42 Å². The molecule has 1 aromatic rings. The van der Waals surface area contributed by atoms with Crippen molar-refractivity contribution in [3.05, 3.63) is 30.1 Å². The number of hydrogen-bond acceptors (Lipinski definition) is 2. The predicted octanol–water partition coefficient (Wildman–Crippen LogP) is 1.56. The van der Waals surface area contributed by atoms with E-state index in [9.17, 15) is 9.18 Å². The van der Waals surface area contributed by atoms with Crippen molar-refractivity contribution >= 4 is 11.7 Å². The van der Waals surface area contributed by atoms with Crippen LogP contribution in [0.4, 0.5) is 14.9 Å². The van der Waals surface area contributed by atoms with Crippen molar-refractivity contribution in [1.82, 2.24) is 10.6 Å². The van der Waals surface area contributed by atoms with Gasteiger partial charge in [-0.1, -0.05) is 0 Å². The number of carbonyl (C=O) groups excluding carboxylic acids is 1. The summed E-state index contributed by atoms with van der Waals surface area (Å²) >= 11 is 0. The zero-order chi connectivity index (χ0) is 11.8. The van der Waals surface area contributed by atoms with E-state index in [0.29, 0.717) is 12.2 Å². The lowest BCUT2D eigenvalue weighted by atomic mass is 10.3. The minimum absolute atomic E-state index is 0.275. The van der Waals surface area contributed by atoms with Crippen LogP contribution in [0.15, 0.2) is 24.3 Å². The molecule has 0 atom stereocenters. The summed E-state index contributed by atoms with van der Waals surface area (Å²) in [6, 6.07) is 5.36. The van der Waals surface area contributed by atoms with Crippen molar-refractivity contribution in [1.29, 1.82) is 0 Å². The summed E-state index contributed by atoms with van der Waals surface area (Å²) < 4.78 is 12.6. The van der Waals surface area contributed by atoms with E-state index in [0.717, 1.165) is 13.0 Å². The monoisotopic (exact) mass is 225 g/mol. The average molecular weight is 225 g/mol. The van der Waals surface area contributed by atoms with E-state index in [1.165, 1.54) is 24.3 Å². The first-order chi connectivity index (χ1) is 7.72. The van der Waals surface area contributed by atoms with Crippen LogP contribution in [0.2, 0.25) is 0 Å². The summed E-state index contributed by atoms with van der Waals surface area (Å²) in [6.45, 7) is 1.46. The van der Waals surface area contributed by atoms with Crippen molar-refractivity contribution in [2.24, 2.45) is 0 Å². The summed E-state index contributed by atoms with van der Waals surface area (Å²) in [5.41, 5.74) is 0.576. The quantitative estimate of drug-likeness (QED) is 0.666. The minimum atomic E-state index is -0.319. The molecule has 88 valence electrons. The molecular formula is C11H16FN3O. The van der Waals surface area contributed by atoms with Crippen molar-refractivity contribution < 1.29 is 9.18 Å². The highest BCUT2D eigenvalue weighted by molar-refractivity contribution is 5.89. The SMILES string of the molecule is CNCCCNC(=O)Nc1ccc(F)cc1. The lowest BCUT2D eigenvalue weighted by Crippen LogP contribution is -2.30. The zero-order valence-electron chi connectivity index (χ0n) is 9.22. The molecule has 5 heteroatoms. The highest BCUT2D eigenvalue weighted by Gasteiger charge is 2.00. The fraction of sp³-hybridized carbons (Fsp3) is 0.364. The standard InChI is InChI=1S/C11H16FN3O/c1-13-7-2-8-14-11(16)15-10-5-3-9(12)4-6-10/h3-6,13H,2,7-8H2,1H3,(H2,14,15,16). The molecule has 0 aliphatic rings. The van der Waals surface area contributed by atoms with E-state index in [1.54, 1.807) is 0 Å². The Bertz CT molecular complexity index is 327. The van der Waals surface area contributed by atoms with Crippen LogP contribution in [0.3, 0.4) is 0 Å². The Balaban J connectivity index is 2.26. The average Bonchev–Trinajstić information content (AvgIpc) is 2.28. The number of carbonyl (C=O) groups is 1. The highest BCUT2D eigenvalue weighted by atomic mass is 19.1. The molecule has 0 heterocycles. The van der Waals surface area contributed by atoms with Gasteiger partial charge in [-0.2, -0.15) is 0 Å². The van der Waals surface area contributed by atoms with Gasteiger partial charge in [-0.05, 0) is 44.3 Å². The Labute approximate surface area is 94.2 Å². The van der Waals surface area contributed by atoms with Gasteiger partial charge >= 0.3 is 6.03 Å². The molecule has 16 heavy (non-hydrogen) atoms. The second-order valence-electron chi connectivity index (χ2n) is 3.34. The van der Waals surface area contributed by atoms with Crippen molar-refractivity contribution in [3.63, 3.8) is 0 Å². The third-order valence-electron chi connectivity index (χ3n) is 1.99. The number of amides is 2. The van der Waals surface area contributed by atoms with Gasteiger partial charge < -0.3 is 16.0 Å². The molecule has 0 saturated carbocycles. The summed E-state index contributed by atoms with van der Waals surface area (Å²) in [4.78, 5) is 11.3. The number of nitrogens with one attached hydrogen (secondary N) is 3. The maximum Gasteiger partial charge on any atom is 0.319 e. The van der Waals surface area contributed by atoms with E-state index in [-0.39, 0.29) is 11.8 Å². The molecule has 0 aromatic heterocycles. The molecule has 3 N–H and O–H groups in total. The van der Waals surface area contributed by atoms with Crippen LogP contribution in [-0.2, 0) is 0 Å². The van der Waals surface area contributed by atoms with Gasteiger partial charge in [0.15, 0.2) is 0 Å². The zero-order valence-corrected chi connectivity index (χ0v) is 9.22. The fourth-order valence-electron chi connectivity index (χ4n) is 1.18. The minimum Gasteiger partial charge on any atom is -0.338 e. The molecule has 1 aromatic carbocycles. The maximum atomic E-state index is 12.6. The molecular weight excluding hydrogens is 209 g/mol. The molecule has 0 saturated heterocycles. The molecule has 2 amide bonds. The van der Waals surface area contributed by atoms with E-state index in [4.69, 9.17) is 0 Å². The number of rotatable bonds is 5. The summed E-state index contributed by atoms with van der Waals surface area (Å²) in [6.07, 6.45) is 0.868. The molecule has 0 fully saturated rings. The largest absolute Gasteiger partial charge is 0.338 e. The predicted molar refractivity (Wildman–Crippen MR) is 62.0 cm³/mol. The Morgan fingerprint density at radius 1 is 1.25 bits per heavy atom. The summed E-state index contributed by atoms with van der Waals surface area (Å²) in [5.74, 6) is -0.319. The maximum absolute atomic E-state index is 12.6. The van der Waals surface area contributed by atoms with Gasteiger partial charge in [-0.15, -0.1) is 0 Å². The first kappa shape index (κ1) is 12.4. The molecule has 0 bridgehead atoms. The van der Waals surface area contributed by atoms with Crippen LogP contribution >= 0.6 is 0 Å². The topological polar surface area (TPSA) is 53.2 Å². The van der Waals surface area contributed by atoms with Gasteiger partial charge in [-0.25, -0.2) is 9.18 Å². The Hall–Kier alpha value is -1.62. The molecule has 0 aliphatic heterocycles. The van der Waals surface area contributed by atoms with Gasteiger partial charge in [-0.3, -0.25) is 0 Å². The Kier molecular flexibility index (Phi) is 5.28. The van der Waals surface area contributed by atoms with Crippen LogP contribution < -0.4 is 16.0 Å². The number of urea groups is 1. The van der Waals surface area contributed by atoms with Crippen LogP contribution in [0.1, 0.15) is 6.42 Å². The fourth-order valence-corrected chi connectivity index (χ4v) is 1.18. The Morgan fingerprint density at radius 3 is 2.56 bits per heavy atom. The van der Waals surface area contributed by atoms with Crippen LogP contribution in [-0.4, -0.2) is 26.2 Å². The van der Waals surface area contributed by atoms with E-state index < -0.39 is 0 Å². The van der Waals surface area contributed by atoms with Crippen LogP contribution in [0.5, 0.6) is 0 Å². The van der Waals surface area contributed by atoms with Crippen molar-refractivity contribution in [3.8, 4) is 0 Å². The number of hydrogen-bond donors (Lipinski definition) is 3. The molecule has 0 unspecified atom stereocenters. The Morgan fingerprint density at radius 2 is 1.94 bits per heavy atom. The molecule has 0 radical (unpaired) electrons.